The van der Waals surface area contributed by atoms with Gasteiger partial charge in [-0.05, 0) is 37.8 Å². The normalized spacial score (nSPS) is 26.3. The summed E-state index contributed by atoms with van der Waals surface area (Å²) in [4.78, 5) is 38.6. The van der Waals surface area contributed by atoms with E-state index in [1.165, 1.54) is 4.90 Å². The van der Waals surface area contributed by atoms with Crippen molar-refractivity contribution in [2.45, 2.75) is 50.7 Å². The van der Waals surface area contributed by atoms with E-state index in [0.717, 1.165) is 25.7 Å². The minimum atomic E-state index is -0.535. The van der Waals surface area contributed by atoms with Crippen LogP contribution >= 0.6 is 0 Å². The Balaban J connectivity index is 1.18. The molecule has 1 aromatic carbocycles. The highest BCUT2D eigenvalue weighted by Gasteiger charge is 2.47. The Labute approximate surface area is 169 Å². The number of ether oxygens (including phenoxy) is 2. The Hall–Kier alpha value is -2.83. The van der Waals surface area contributed by atoms with Gasteiger partial charge >= 0.3 is 0 Å². The van der Waals surface area contributed by atoms with Crippen LogP contribution in [0.2, 0.25) is 0 Å². The van der Waals surface area contributed by atoms with Crippen molar-refractivity contribution in [1.82, 2.24) is 4.90 Å². The number of amides is 3. The van der Waals surface area contributed by atoms with Crippen LogP contribution in [0.25, 0.3) is 0 Å². The number of likely N-dealkylation sites (tertiary alicyclic amines) is 1. The van der Waals surface area contributed by atoms with E-state index in [4.69, 9.17) is 9.47 Å². The number of rotatable bonds is 4. The molecule has 7 nitrogen and oxygen atoms in total. The molecule has 2 heterocycles. The second-order valence-corrected chi connectivity index (χ2v) is 8.27. The van der Waals surface area contributed by atoms with Gasteiger partial charge in [-0.15, -0.1) is 0 Å². The fraction of sp³-hybridized carbons (Fsp3) is 0.500. The average molecular weight is 396 g/mol. The molecule has 3 amide bonds. The van der Waals surface area contributed by atoms with E-state index in [1.54, 1.807) is 12.1 Å². The lowest BCUT2D eigenvalue weighted by Gasteiger charge is -2.21. The molecule has 1 spiro atoms. The van der Waals surface area contributed by atoms with Crippen LogP contribution in [-0.2, 0) is 14.4 Å². The van der Waals surface area contributed by atoms with Crippen LogP contribution in [0.4, 0.5) is 5.69 Å². The monoisotopic (exact) mass is 396 g/mol. The fourth-order valence-corrected chi connectivity index (χ4v) is 4.82. The zero-order chi connectivity index (χ0) is 20.0. The Morgan fingerprint density at radius 2 is 1.69 bits per heavy atom. The second kappa shape index (κ2) is 6.90. The molecule has 152 valence electrons. The number of imide groups is 1. The smallest absolute Gasteiger partial charge is 0.251 e. The molecule has 7 heteroatoms. The number of fused-ring (bicyclic) bond motifs is 2. The number of hydrogen-bond donors (Lipinski definition) is 1. The van der Waals surface area contributed by atoms with Crippen LogP contribution < -0.4 is 14.8 Å². The summed E-state index contributed by atoms with van der Waals surface area (Å²) >= 11 is 0. The zero-order valence-electron chi connectivity index (χ0n) is 16.2. The van der Waals surface area contributed by atoms with Gasteiger partial charge in [0, 0.05) is 37.6 Å². The molecule has 1 saturated heterocycles. The molecule has 4 aliphatic rings. The minimum absolute atomic E-state index is 0.0722. The van der Waals surface area contributed by atoms with Crippen LogP contribution in [0.3, 0.4) is 0 Å². The first kappa shape index (κ1) is 18.2. The second-order valence-electron chi connectivity index (χ2n) is 8.27. The summed E-state index contributed by atoms with van der Waals surface area (Å²) in [6.07, 6.45) is 9.12. The number of nitrogens with one attached hydrogen (secondary N) is 1. The van der Waals surface area contributed by atoms with Crippen molar-refractivity contribution in [3.8, 4) is 11.5 Å². The SMILES string of the molecule is O=C(CCN1C(=O)[C@@H]2CC=CC[C@H]2C1=O)Nc1ccc2c(c1)OC1(CCCC1)O2. The number of carbonyl (C=O) groups excluding carboxylic acids is 3. The number of carbonyl (C=O) groups is 3. The van der Waals surface area contributed by atoms with E-state index >= 15 is 0 Å². The highest BCUT2D eigenvalue weighted by atomic mass is 16.7. The fourth-order valence-electron chi connectivity index (χ4n) is 4.82. The van der Waals surface area contributed by atoms with Crippen molar-refractivity contribution in [3.63, 3.8) is 0 Å². The first-order valence-electron chi connectivity index (χ1n) is 10.4. The van der Waals surface area contributed by atoms with Gasteiger partial charge in [-0.2, -0.15) is 0 Å². The van der Waals surface area contributed by atoms with Gasteiger partial charge in [-0.1, -0.05) is 12.2 Å². The van der Waals surface area contributed by atoms with Crippen molar-refractivity contribution >= 4 is 23.4 Å². The average Bonchev–Trinajstić information content (AvgIpc) is 3.38. The minimum Gasteiger partial charge on any atom is -0.448 e. The zero-order valence-corrected chi connectivity index (χ0v) is 16.2. The van der Waals surface area contributed by atoms with Crippen LogP contribution in [0.15, 0.2) is 30.4 Å². The quantitative estimate of drug-likeness (QED) is 0.625. The summed E-state index contributed by atoms with van der Waals surface area (Å²) in [7, 11) is 0. The highest BCUT2D eigenvalue weighted by molar-refractivity contribution is 6.05. The Kier molecular flexibility index (Phi) is 4.33. The third-order valence-electron chi connectivity index (χ3n) is 6.35. The lowest BCUT2D eigenvalue weighted by Crippen LogP contribution is -2.34. The molecular formula is C22H24N2O5. The first-order chi connectivity index (χ1) is 14.0. The molecule has 2 aliphatic carbocycles. The maximum Gasteiger partial charge on any atom is 0.251 e. The molecule has 0 radical (unpaired) electrons. The molecule has 5 rings (SSSR count). The largest absolute Gasteiger partial charge is 0.448 e. The van der Waals surface area contributed by atoms with Crippen molar-refractivity contribution < 1.29 is 23.9 Å². The molecule has 2 atom stereocenters. The van der Waals surface area contributed by atoms with E-state index in [0.29, 0.717) is 30.0 Å². The number of hydrogen-bond acceptors (Lipinski definition) is 5. The summed E-state index contributed by atoms with van der Waals surface area (Å²) < 4.78 is 12.0. The number of nitrogens with zero attached hydrogens (tertiary/aromatic N) is 1. The highest BCUT2D eigenvalue weighted by Crippen LogP contribution is 2.47. The van der Waals surface area contributed by atoms with Crippen molar-refractivity contribution in [3.05, 3.63) is 30.4 Å². The van der Waals surface area contributed by atoms with E-state index in [9.17, 15) is 14.4 Å². The Morgan fingerprint density at radius 3 is 2.38 bits per heavy atom. The molecular weight excluding hydrogens is 372 g/mol. The first-order valence-corrected chi connectivity index (χ1v) is 10.4. The van der Waals surface area contributed by atoms with Gasteiger partial charge in [-0.25, -0.2) is 0 Å². The van der Waals surface area contributed by atoms with Gasteiger partial charge in [0.15, 0.2) is 11.5 Å². The summed E-state index contributed by atoms with van der Waals surface area (Å²) in [6, 6.07) is 5.36. The predicted molar refractivity (Wildman–Crippen MR) is 104 cm³/mol. The number of allylic oxidation sites excluding steroid dienone is 2. The molecule has 29 heavy (non-hydrogen) atoms. The lowest BCUT2D eigenvalue weighted by atomic mass is 9.85. The molecule has 1 saturated carbocycles. The maximum atomic E-state index is 12.5. The van der Waals surface area contributed by atoms with Gasteiger partial charge in [0.05, 0.1) is 11.8 Å². The predicted octanol–water partition coefficient (Wildman–Crippen LogP) is 3.01. The van der Waals surface area contributed by atoms with E-state index in [1.807, 2.05) is 18.2 Å². The van der Waals surface area contributed by atoms with Crippen molar-refractivity contribution in [2.24, 2.45) is 11.8 Å². The lowest BCUT2D eigenvalue weighted by molar-refractivity contribution is -0.140. The van der Waals surface area contributed by atoms with E-state index in [-0.39, 0.29) is 42.5 Å². The maximum absolute atomic E-state index is 12.5. The van der Waals surface area contributed by atoms with E-state index in [2.05, 4.69) is 5.32 Å². The van der Waals surface area contributed by atoms with Crippen LogP contribution in [0.5, 0.6) is 11.5 Å². The molecule has 2 aliphatic heterocycles. The summed E-state index contributed by atoms with van der Waals surface area (Å²) in [6.45, 7) is 0.115. The number of benzene rings is 1. The number of anilines is 1. The van der Waals surface area contributed by atoms with E-state index < -0.39 is 5.79 Å². The Morgan fingerprint density at radius 1 is 1.03 bits per heavy atom. The molecule has 0 unspecified atom stereocenters. The summed E-state index contributed by atoms with van der Waals surface area (Å²) in [5.74, 6) is -0.245. The van der Waals surface area contributed by atoms with Gasteiger partial charge in [0.2, 0.25) is 17.7 Å². The van der Waals surface area contributed by atoms with Crippen molar-refractivity contribution in [1.29, 1.82) is 0 Å². The summed E-state index contributed by atoms with van der Waals surface area (Å²) in [5.41, 5.74) is 0.615. The third kappa shape index (κ3) is 3.18. The summed E-state index contributed by atoms with van der Waals surface area (Å²) in [5, 5.41) is 2.83. The van der Waals surface area contributed by atoms with Gasteiger partial charge in [0.25, 0.3) is 5.79 Å². The Bertz CT molecular complexity index is 876. The van der Waals surface area contributed by atoms with Crippen molar-refractivity contribution in [2.75, 3.05) is 11.9 Å². The molecule has 1 N–H and O–H groups in total. The van der Waals surface area contributed by atoms with Gasteiger partial charge < -0.3 is 14.8 Å². The third-order valence-corrected chi connectivity index (χ3v) is 6.35. The molecule has 0 bridgehead atoms. The topological polar surface area (TPSA) is 84.9 Å². The molecule has 2 fully saturated rings. The van der Waals surface area contributed by atoms with Gasteiger partial charge in [-0.3, -0.25) is 19.3 Å². The van der Waals surface area contributed by atoms with Gasteiger partial charge in [0.1, 0.15) is 0 Å². The standard InChI is InChI=1S/C22H24N2O5/c25-19(9-12-24-20(26)15-5-1-2-6-16(15)21(24)27)23-14-7-8-17-18(13-14)29-22(28-17)10-3-4-11-22/h1-2,7-8,13,15-16H,3-6,9-12H2,(H,23,25)/t15-,16-/m1/s1. The van der Waals surface area contributed by atoms with Crippen LogP contribution in [0, 0.1) is 11.8 Å². The molecule has 0 aromatic heterocycles. The molecule has 1 aromatic rings. The van der Waals surface area contributed by atoms with Crippen LogP contribution in [-0.4, -0.2) is 35.0 Å². The van der Waals surface area contributed by atoms with Crippen LogP contribution in [0.1, 0.15) is 44.9 Å².